The van der Waals surface area contributed by atoms with Crippen LogP contribution in [-0.2, 0) is 14.3 Å². The first-order valence-corrected chi connectivity index (χ1v) is 12.9. The van der Waals surface area contributed by atoms with Gasteiger partial charge in [-0.1, -0.05) is 54.9 Å². The summed E-state index contributed by atoms with van der Waals surface area (Å²) in [6.45, 7) is 2.66. The maximum Gasteiger partial charge on any atom is 0.169 e. The first kappa shape index (κ1) is 22.8. The van der Waals surface area contributed by atoms with Gasteiger partial charge in [0.2, 0.25) is 0 Å². The number of carbonyl (C=O) groups excluding carboxylic acids is 1. The second-order valence-electron chi connectivity index (χ2n) is 8.75. The zero-order valence-electron chi connectivity index (χ0n) is 18.3. The Morgan fingerprint density at radius 2 is 2.06 bits per heavy atom. The Labute approximate surface area is 194 Å². The lowest BCUT2D eigenvalue weighted by molar-refractivity contribution is -0.165. The van der Waals surface area contributed by atoms with Crippen molar-refractivity contribution in [3.05, 3.63) is 64.7 Å². The summed E-state index contributed by atoms with van der Waals surface area (Å²) in [6, 6.07) is 16.4. The Morgan fingerprint density at radius 1 is 1.26 bits per heavy atom. The zero-order chi connectivity index (χ0) is 21.8. The molecular formula is C26H31ClO3S. The van der Waals surface area contributed by atoms with Crippen molar-refractivity contribution in [3.63, 3.8) is 0 Å². The third kappa shape index (κ3) is 5.19. The minimum absolute atomic E-state index is 0.00429. The van der Waals surface area contributed by atoms with E-state index in [1.807, 2.05) is 36.6 Å². The molecule has 166 valence electrons. The van der Waals surface area contributed by atoms with Crippen LogP contribution in [-0.4, -0.2) is 24.4 Å². The highest BCUT2D eigenvalue weighted by atomic mass is 35.5. The molecule has 1 saturated heterocycles. The summed E-state index contributed by atoms with van der Waals surface area (Å²) < 4.78 is 12.7. The molecule has 2 fully saturated rings. The normalized spacial score (nSPS) is 26.4. The van der Waals surface area contributed by atoms with E-state index < -0.39 is 5.79 Å². The van der Waals surface area contributed by atoms with Gasteiger partial charge in [-0.3, -0.25) is 4.79 Å². The van der Waals surface area contributed by atoms with Crippen molar-refractivity contribution in [1.82, 2.24) is 0 Å². The third-order valence-corrected chi connectivity index (χ3v) is 7.81. The number of halogens is 1. The van der Waals surface area contributed by atoms with E-state index in [1.54, 1.807) is 11.8 Å². The lowest BCUT2D eigenvalue weighted by atomic mass is 9.83. The van der Waals surface area contributed by atoms with Crippen LogP contribution in [0.25, 0.3) is 0 Å². The number of thioether (sulfide) groups is 1. The van der Waals surface area contributed by atoms with Gasteiger partial charge in [-0.25, -0.2) is 0 Å². The van der Waals surface area contributed by atoms with Gasteiger partial charge in [-0.2, -0.15) is 0 Å². The van der Waals surface area contributed by atoms with E-state index in [4.69, 9.17) is 21.1 Å². The van der Waals surface area contributed by atoms with Crippen molar-refractivity contribution in [2.24, 2.45) is 5.92 Å². The van der Waals surface area contributed by atoms with Crippen LogP contribution in [0.2, 0.25) is 5.02 Å². The summed E-state index contributed by atoms with van der Waals surface area (Å²) >= 11 is 8.10. The molecule has 0 radical (unpaired) electrons. The van der Waals surface area contributed by atoms with Gasteiger partial charge in [0.25, 0.3) is 0 Å². The molecule has 0 N–H and O–H groups in total. The van der Waals surface area contributed by atoms with Gasteiger partial charge < -0.3 is 9.47 Å². The molecule has 2 aromatic carbocycles. The maximum absolute atomic E-state index is 13.0. The average Bonchev–Trinajstić information content (AvgIpc) is 3.39. The molecule has 1 saturated carbocycles. The second-order valence-corrected chi connectivity index (χ2v) is 10.0. The van der Waals surface area contributed by atoms with Crippen molar-refractivity contribution < 1.29 is 14.3 Å². The van der Waals surface area contributed by atoms with E-state index in [2.05, 4.69) is 25.1 Å². The Kier molecular flexibility index (Phi) is 7.43. The van der Waals surface area contributed by atoms with Crippen LogP contribution >= 0.6 is 23.4 Å². The number of ether oxygens (including phenoxy) is 2. The van der Waals surface area contributed by atoms with E-state index in [0.717, 1.165) is 47.6 Å². The van der Waals surface area contributed by atoms with E-state index in [9.17, 15) is 4.79 Å². The molecule has 4 rings (SSSR count). The Bertz CT molecular complexity index is 903. The minimum atomic E-state index is -0.496. The molecule has 3 unspecified atom stereocenters. The molecule has 1 spiro atoms. The van der Waals surface area contributed by atoms with Crippen LogP contribution in [0, 0.1) is 5.92 Å². The van der Waals surface area contributed by atoms with E-state index in [1.165, 1.54) is 5.56 Å². The summed E-state index contributed by atoms with van der Waals surface area (Å²) in [5.41, 5.74) is 2.21. The van der Waals surface area contributed by atoms with Gasteiger partial charge in [0, 0.05) is 30.1 Å². The van der Waals surface area contributed by atoms with Crippen LogP contribution in [0.1, 0.15) is 68.6 Å². The van der Waals surface area contributed by atoms with Crippen LogP contribution < -0.4 is 0 Å². The molecule has 4 atom stereocenters. The van der Waals surface area contributed by atoms with Gasteiger partial charge in [-0.05, 0) is 54.7 Å². The summed E-state index contributed by atoms with van der Waals surface area (Å²) in [4.78, 5) is 14.1. The number of rotatable bonds is 8. The topological polar surface area (TPSA) is 35.5 Å². The minimum Gasteiger partial charge on any atom is -0.347 e. The van der Waals surface area contributed by atoms with Crippen LogP contribution in [0.4, 0.5) is 0 Å². The lowest BCUT2D eigenvalue weighted by Gasteiger charge is -2.24. The van der Waals surface area contributed by atoms with Gasteiger partial charge >= 0.3 is 0 Å². The number of ketones is 1. The van der Waals surface area contributed by atoms with E-state index in [0.29, 0.717) is 24.7 Å². The highest BCUT2D eigenvalue weighted by Crippen LogP contribution is 2.48. The molecule has 1 aliphatic heterocycles. The predicted octanol–water partition coefficient (Wildman–Crippen LogP) is 7.19. The fourth-order valence-electron chi connectivity index (χ4n) is 5.00. The molecule has 3 nitrogen and oxygen atoms in total. The third-order valence-electron chi connectivity index (χ3n) is 6.59. The summed E-state index contributed by atoms with van der Waals surface area (Å²) in [7, 11) is 0. The first-order valence-electron chi connectivity index (χ1n) is 11.3. The SMILES string of the molecule is CCCC(=O)C(CC1CCC2(C1)OC[C@@H](c1ccccc1)O2)c1ccc(SC)c(Cl)c1. The van der Waals surface area contributed by atoms with E-state index >= 15 is 0 Å². The van der Waals surface area contributed by atoms with Crippen LogP contribution in [0.15, 0.2) is 53.4 Å². The zero-order valence-corrected chi connectivity index (χ0v) is 19.9. The lowest BCUT2D eigenvalue weighted by Crippen LogP contribution is -2.27. The van der Waals surface area contributed by atoms with Crippen molar-refractivity contribution in [1.29, 1.82) is 0 Å². The molecule has 31 heavy (non-hydrogen) atoms. The quantitative estimate of drug-likeness (QED) is 0.392. The highest BCUT2D eigenvalue weighted by molar-refractivity contribution is 7.98. The van der Waals surface area contributed by atoms with Crippen molar-refractivity contribution in [2.75, 3.05) is 12.9 Å². The van der Waals surface area contributed by atoms with Gasteiger partial charge in [-0.15, -0.1) is 11.8 Å². The summed E-state index contributed by atoms with van der Waals surface area (Å²) in [6.07, 6.45) is 7.08. The monoisotopic (exact) mass is 458 g/mol. The maximum atomic E-state index is 13.0. The number of carbonyl (C=O) groups is 1. The van der Waals surface area contributed by atoms with Crippen molar-refractivity contribution >= 4 is 29.1 Å². The largest absolute Gasteiger partial charge is 0.347 e. The smallest absolute Gasteiger partial charge is 0.169 e. The molecule has 2 aromatic rings. The van der Waals surface area contributed by atoms with Gasteiger partial charge in [0.05, 0.1) is 11.6 Å². The molecule has 1 aliphatic carbocycles. The fraction of sp³-hybridized carbons (Fsp3) is 0.500. The standard InChI is InChI=1S/C26H31ClO3S/c1-3-7-23(28)21(20-10-11-25(31-2)22(27)15-20)14-18-12-13-26(16-18)29-17-24(30-26)19-8-5-4-6-9-19/h4-6,8-11,15,18,21,24H,3,7,12-14,16-17H2,1-2H3/t18?,21?,24-,26?/m0/s1. The molecular weight excluding hydrogens is 428 g/mol. The van der Waals surface area contributed by atoms with Crippen LogP contribution in [0.5, 0.6) is 0 Å². The molecule has 0 amide bonds. The highest BCUT2D eigenvalue weighted by Gasteiger charge is 2.48. The summed E-state index contributed by atoms with van der Waals surface area (Å²) in [5, 5.41) is 0.732. The number of benzene rings is 2. The van der Waals surface area contributed by atoms with Gasteiger partial charge in [0.15, 0.2) is 5.79 Å². The number of hydrogen-bond donors (Lipinski definition) is 0. The first-order chi connectivity index (χ1) is 15.0. The number of Topliss-reactive ketones (excluding diaryl/α,β-unsaturated/α-hetero) is 1. The Morgan fingerprint density at radius 3 is 2.77 bits per heavy atom. The van der Waals surface area contributed by atoms with Crippen molar-refractivity contribution in [2.45, 2.75) is 68.2 Å². The molecule has 0 bridgehead atoms. The fourth-order valence-corrected chi connectivity index (χ4v) is 5.88. The van der Waals surface area contributed by atoms with Gasteiger partial charge in [0.1, 0.15) is 11.9 Å². The average molecular weight is 459 g/mol. The van der Waals surface area contributed by atoms with Crippen molar-refractivity contribution in [3.8, 4) is 0 Å². The second kappa shape index (κ2) is 10.1. The predicted molar refractivity (Wildman–Crippen MR) is 127 cm³/mol. The Balaban J connectivity index is 1.46. The number of hydrogen-bond acceptors (Lipinski definition) is 4. The molecule has 1 heterocycles. The van der Waals surface area contributed by atoms with E-state index in [-0.39, 0.29) is 12.0 Å². The molecule has 2 aliphatic rings. The van der Waals surface area contributed by atoms with Crippen LogP contribution in [0.3, 0.4) is 0 Å². The molecule has 0 aromatic heterocycles. The Hall–Kier alpha value is -1.33. The summed E-state index contributed by atoms with van der Waals surface area (Å²) in [5.74, 6) is 0.107. The molecule has 5 heteroatoms.